The molecule has 0 atom stereocenters. The van der Waals surface area contributed by atoms with Gasteiger partial charge >= 0.3 is 11.8 Å². The van der Waals surface area contributed by atoms with E-state index in [9.17, 15) is 21.6 Å². The first-order valence-electron chi connectivity index (χ1n) is 4.79. The average Bonchev–Trinajstić information content (AvgIpc) is 3.07. The predicted molar refractivity (Wildman–Crippen MR) is 61.5 cm³/mol. The summed E-state index contributed by atoms with van der Waals surface area (Å²) >= 11 is 3.05. The van der Waals surface area contributed by atoms with Crippen LogP contribution in [-0.4, -0.2) is 19.1 Å². The van der Waals surface area contributed by atoms with Crippen molar-refractivity contribution in [2.45, 2.75) is 22.1 Å². The first-order valence-corrected chi connectivity index (χ1v) is 7.35. The van der Waals surface area contributed by atoms with Crippen LogP contribution < -0.4 is 0 Å². The van der Waals surface area contributed by atoms with Crippen molar-refractivity contribution in [1.29, 1.82) is 0 Å². The van der Waals surface area contributed by atoms with Gasteiger partial charge in [-0.2, -0.15) is 21.6 Å². The zero-order chi connectivity index (χ0) is 14.5. The molecule has 0 spiro atoms. The van der Waals surface area contributed by atoms with E-state index in [-0.39, 0.29) is 5.33 Å². The molecular formula is C9H6BrF3N2O3S. The number of rotatable bonds is 3. The molecular weight excluding hydrogens is 353 g/mol. The topological polar surface area (TPSA) is 79.1 Å². The zero-order valence-electron chi connectivity index (χ0n) is 9.02. The number of alkyl halides is 4. The Labute approximate surface area is 114 Å². The Morgan fingerprint density at radius 3 is 2.26 bits per heavy atom. The SMILES string of the molecule is O=S(=O)(O)c1ccc(CBr)cc1C1(C(F)(F)F)N=N1. The van der Waals surface area contributed by atoms with E-state index in [1.807, 2.05) is 0 Å². The van der Waals surface area contributed by atoms with Gasteiger partial charge in [-0.15, -0.1) is 10.2 Å². The molecule has 104 valence electrons. The van der Waals surface area contributed by atoms with Crippen LogP contribution in [0.25, 0.3) is 0 Å². The molecule has 2 rings (SSSR count). The highest BCUT2D eigenvalue weighted by molar-refractivity contribution is 9.08. The molecule has 0 unspecified atom stereocenters. The van der Waals surface area contributed by atoms with E-state index in [0.717, 1.165) is 12.1 Å². The molecule has 1 aromatic rings. The number of benzene rings is 1. The summed E-state index contributed by atoms with van der Waals surface area (Å²) in [4.78, 5) is -0.848. The molecule has 5 nitrogen and oxygen atoms in total. The molecule has 0 fully saturated rings. The maximum Gasteiger partial charge on any atom is 0.442 e. The average molecular weight is 359 g/mol. The molecule has 0 bridgehead atoms. The fourth-order valence-electron chi connectivity index (χ4n) is 1.58. The van der Waals surface area contributed by atoms with Gasteiger partial charge in [0.15, 0.2) is 0 Å². The quantitative estimate of drug-likeness (QED) is 0.666. The van der Waals surface area contributed by atoms with Crippen molar-refractivity contribution in [2.75, 3.05) is 0 Å². The van der Waals surface area contributed by atoms with Crippen LogP contribution in [0.4, 0.5) is 13.2 Å². The monoisotopic (exact) mass is 358 g/mol. The maximum absolute atomic E-state index is 12.9. The van der Waals surface area contributed by atoms with Gasteiger partial charge in [-0.05, 0) is 17.7 Å². The summed E-state index contributed by atoms with van der Waals surface area (Å²) in [5.74, 6) is 0. The van der Waals surface area contributed by atoms with E-state index < -0.39 is 32.4 Å². The minimum absolute atomic E-state index is 0.222. The zero-order valence-corrected chi connectivity index (χ0v) is 11.4. The lowest BCUT2D eigenvalue weighted by Crippen LogP contribution is -2.31. The molecule has 0 radical (unpaired) electrons. The maximum atomic E-state index is 12.9. The lowest BCUT2D eigenvalue weighted by atomic mass is 10.0. The molecule has 0 amide bonds. The van der Waals surface area contributed by atoms with Gasteiger partial charge in [-0.1, -0.05) is 22.0 Å². The van der Waals surface area contributed by atoms with Crippen LogP contribution in [0.15, 0.2) is 33.3 Å². The fourth-order valence-corrected chi connectivity index (χ4v) is 2.65. The van der Waals surface area contributed by atoms with Crippen molar-refractivity contribution in [2.24, 2.45) is 10.2 Å². The van der Waals surface area contributed by atoms with Crippen LogP contribution in [0, 0.1) is 0 Å². The largest absolute Gasteiger partial charge is 0.442 e. The normalized spacial score (nSPS) is 17.5. The molecule has 0 saturated heterocycles. The van der Waals surface area contributed by atoms with Crippen molar-refractivity contribution in [3.05, 3.63) is 29.3 Å². The van der Waals surface area contributed by atoms with Crippen LogP contribution in [0.1, 0.15) is 11.1 Å². The molecule has 1 N–H and O–H groups in total. The molecule has 0 aromatic heterocycles. The van der Waals surface area contributed by atoms with Gasteiger partial charge in [0.1, 0.15) is 4.90 Å². The molecule has 1 aliphatic heterocycles. The highest BCUT2D eigenvalue weighted by Crippen LogP contribution is 2.54. The Morgan fingerprint density at radius 2 is 1.89 bits per heavy atom. The van der Waals surface area contributed by atoms with Gasteiger partial charge in [-0.3, -0.25) is 4.55 Å². The van der Waals surface area contributed by atoms with E-state index in [4.69, 9.17) is 4.55 Å². The van der Waals surface area contributed by atoms with Gasteiger partial charge in [0.05, 0.1) is 0 Å². The third-order valence-electron chi connectivity index (χ3n) is 2.55. The van der Waals surface area contributed by atoms with E-state index in [1.165, 1.54) is 6.07 Å². The number of nitrogens with zero attached hydrogens (tertiary/aromatic N) is 2. The number of hydrogen-bond donors (Lipinski definition) is 1. The van der Waals surface area contributed by atoms with Crippen molar-refractivity contribution in [3.8, 4) is 0 Å². The lowest BCUT2D eigenvalue weighted by Gasteiger charge is -2.17. The molecule has 1 aliphatic rings. The van der Waals surface area contributed by atoms with Crippen LogP contribution in [0.3, 0.4) is 0 Å². The van der Waals surface area contributed by atoms with Crippen LogP contribution >= 0.6 is 15.9 Å². The van der Waals surface area contributed by atoms with Gasteiger partial charge in [-0.25, -0.2) is 0 Å². The van der Waals surface area contributed by atoms with Crippen molar-refractivity contribution in [1.82, 2.24) is 0 Å². The molecule has 1 aromatic carbocycles. The molecule has 19 heavy (non-hydrogen) atoms. The smallest absolute Gasteiger partial charge is 0.282 e. The number of hydrogen-bond acceptors (Lipinski definition) is 4. The van der Waals surface area contributed by atoms with Crippen LogP contribution in [-0.2, 0) is 21.1 Å². The standard InChI is InChI=1S/C9H6BrF3N2O3S/c10-4-5-1-2-7(19(16,17)18)6(3-5)8(14-15-8)9(11,12)13/h1-3H,4H2,(H,16,17,18). The van der Waals surface area contributed by atoms with Crippen molar-refractivity contribution < 1.29 is 26.1 Å². The van der Waals surface area contributed by atoms with E-state index in [0.29, 0.717) is 5.56 Å². The van der Waals surface area contributed by atoms with Crippen molar-refractivity contribution >= 4 is 26.0 Å². The highest BCUT2D eigenvalue weighted by Gasteiger charge is 2.66. The van der Waals surface area contributed by atoms with E-state index in [1.54, 1.807) is 0 Å². The van der Waals surface area contributed by atoms with Crippen molar-refractivity contribution in [3.63, 3.8) is 0 Å². The molecule has 1 heterocycles. The fraction of sp³-hybridized carbons (Fsp3) is 0.333. The van der Waals surface area contributed by atoms with Gasteiger partial charge in [0.25, 0.3) is 10.1 Å². The van der Waals surface area contributed by atoms with Crippen LogP contribution in [0.5, 0.6) is 0 Å². The van der Waals surface area contributed by atoms with Gasteiger partial charge in [0, 0.05) is 10.9 Å². The Bertz CT molecular complexity index is 651. The summed E-state index contributed by atoms with van der Waals surface area (Å²) in [5, 5.41) is 6.09. The summed E-state index contributed by atoms with van der Waals surface area (Å²) in [5.41, 5.74) is -3.18. The third-order valence-corrected chi connectivity index (χ3v) is 4.11. The third kappa shape index (κ3) is 2.39. The summed E-state index contributed by atoms with van der Waals surface area (Å²) < 4.78 is 70.0. The second-order valence-electron chi connectivity index (χ2n) is 3.81. The predicted octanol–water partition coefficient (Wildman–Crippen LogP) is 3.01. The Morgan fingerprint density at radius 1 is 1.32 bits per heavy atom. The minimum Gasteiger partial charge on any atom is -0.282 e. The summed E-state index contributed by atoms with van der Waals surface area (Å²) in [6.07, 6.45) is -4.86. The second kappa shape index (κ2) is 4.25. The first-order chi connectivity index (χ1) is 8.62. The van der Waals surface area contributed by atoms with E-state index >= 15 is 0 Å². The lowest BCUT2D eigenvalue weighted by molar-refractivity contribution is -0.166. The summed E-state index contributed by atoms with van der Waals surface area (Å²) in [7, 11) is -4.80. The Hall–Kier alpha value is -1.00. The number of halogens is 4. The molecule has 0 saturated carbocycles. The minimum atomic E-state index is -4.86. The second-order valence-corrected chi connectivity index (χ2v) is 5.76. The van der Waals surface area contributed by atoms with Crippen LogP contribution in [0.2, 0.25) is 0 Å². The summed E-state index contributed by atoms with van der Waals surface area (Å²) in [6.45, 7) is 0. The molecule has 10 heteroatoms. The first kappa shape index (κ1) is 14.4. The molecule has 0 aliphatic carbocycles. The Kier molecular flexibility index (Phi) is 3.22. The van der Waals surface area contributed by atoms with Gasteiger partial charge in [0.2, 0.25) is 0 Å². The van der Waals surface area contributed by atoms with Gasteiger partial charge < -0.3 is 0 Å². The summed E-state index contributed by atoms with van der Waals surface area (Å²) in [6, 6.07) is 3.19. The van der Waals surface area contributed by atoms with E-state index in [2.05, 4.69) is 26.2 Å². The highest BCUT2D eigenvalue weighted by atomic mass is 79.9. The Balaban J connectivity index is 2.68.